The molecule has 0 unspecified atom stereocenters. The molecular weight excluding hydrogens is 398 g/mol. The molecule has 1 aliphatic carbocycles. The predicted octanol–water partition coefficient (Wildman–Crippen LogP) is 3.72. The van der Waals surface area contributed by atoms with Crippen molar-refractivity contribution in [2.45, 2.75) is 38.2 Å². The Morgan fingerprint density at radius 3 is 2.80 bits per heavy atom. The monoisotopic (exact) mass is 429 g/mol. The third-order valence-electron chi connectivity index (χ3n) is 6.71. The zero-order valence-corrected chi connectivity index (χ0v) is 18.4. The van der Waals surface area contributed by atoms with E-state index in [1.807, 2.05) is 17.2 Å². The minimum Gasteiger partial charge on any atom is -0.378 e. The van der Waals surface area contributed by atoms with Crippen molar-refractivity contribution in [1.82, 2.24) is 14.8 Å². The molecule has 30 heavy (non-hydrogen) atoms. The minimum atomic E-state index is -0.0692. The van der Waals surface area contributed by atoms with E-state index in [4.69, 9.17) is 9.47 Å². The minimum absolute atomic E-state index is 0.0692. The summed E-state index contributed by atoms with van der Waals surface area (Å²) >= 11 is 1.51. The summed E-state index contributed by atoms with van der Waals surface area (Å²) in [6, 6.07) is 4.05. The summed E-state index contributed by atoms with van der Waals surface area (Å²) in [4.78, 5) is 24.2. The van der Waals surface area contributed by atoms with E-state index in [1.54, 1.807) is 0 Å². The lowest BCUT2D eigenvalue weighted by atomic mass is 9.88. The zero-order valence-electron chi connectivity index (χ0n) is 17.6. The molecule has 3 aliphatic rings. The van der Waals surface area contributed by atoms with Crippen molar-refractivity contribution in [3.05, 3.63) is 28.8 Å². The first-order valence-corrected chi connectivity index (χ1v) is 12.2. The van der Waals surface area contributed by atoms with Crippen molar-refractivity contribution in [2.24, 2.45) is 5.92 Å². The van der Waals surface area contributed by atoms with Gasteiger partial charge in [-0.3, -0.25) is 9.69 Å². The van der Waals surface area contributed by atoms with Gasteiger partial charge in [-0.25, -0.2) is 4.98 Å². The number of hydrogen-bond donors (Lipinski definition) is 0. The summed E-state index contributed by atoms with van der Waals surface area (Å²) < 4.78 is 11.7. The topological polar surface area (TPSA) is 54.9 Å². The molecule has 0 radical (unpaired) electrons. The lowest BCUT2D eigenvalue weighted by Crippen LogP contribution is -2.43. The van der Waals surface area contributed by atoms with E-state index in [9.17, 15) is 4.79 Å². The number of pyridine rings is 1. The van der Waals surface area contributed by atoms with Gasteiger partial charge in [-0.2, -0.15) is 0 Å². The number of carbonyl (C=O) groups is 1. The van der Waals surface area contributed by atoms with Crippen LogP contribution in [0.1, 0.15) is 53.4 Å². The van der Waals surface area contributed by atoms with Crippen molar-refractivity contribution in [1.29, 1.82) is 0 Å². The molecule has 6 nitrogen and oxygen atoms in total. The third-order valence-corrected chi connectivity index (χ3v) is 7.83. The highest BCUT2D eigenvalue weighted by molar-refractivity contribution is 7.20. The average molecular weight is 430 g/mol. The van der Waals surface area contributed by atoms with Gasteiger partial charge in [-0.05, 0) is 24.8 Å². The molecule has 7 heteroatoms. The number of carbonyl (C=O) groups excluding carboxylic acids is 1. The van der Waals surface area contributed by atoms with Crippen LogP contribution in [0.25, 0.3) is 10.2 Å². The van der Waals surface area contributed by atoms with Gasteiger partial charge in [0.15, 0.2) is 0 Å². The Kier molecular flexibility index (Phi) is 6.32. The molecule has 2 aliphatic heterocycles. The highest BCUT2D eigenvalue weighted by Crippen LogP contribution is 2.38. The molecule has 3 fully saturated rings. The number of fused-ring (bicyclic) bond motifs is 1. The van der Waals surface area contributed by atoms with Crippen molar-refractivity contribution >= 4 is 27.5 Å². The highest BCUT2D eigenvalue weighted by atomic mass is 32.1. The standard InChI is InChI=1S/C23H31N3O3S/c27-23(26-10-12-28-13-11-26)21-20(18-7-4-8-24-22(18)30-21)19-16-25(9-14-29-19)15-17-5-2-1-3-6-17/h4,7-8,17,19H,1-3,5-6,9-16H2/t19-/m1/s1. The summed E-state index contributed by atoms with van der Waals surface area (Å²) in [5.41, 5.74) is 1.05. The van der Waals surface area contributed by atoms with Crippen LogP contribution in [0.3, 0.4) is 0 Å². The first kappa shape index (κ1) is 20.4. The zero-order chi connectivity index (χ0) is 20.3. The molecule has 0 aromatic carbocycles. The van der Waals surface area contributed by atoms with Gasteiger partial charge in [-0.15, -0.1) is 11.3 Å². The molecule has 5 rings (SSSR count). The Hall–Kier alpha value is -1.54. The fourth-order valence-corrected chi connectivity index (χ4v) is 6.28. The molecule has 0 N–H and O–H groups in total. The summed E-state index contributed by atoms with van der Waals surface area (Å²) in [5.74, 6) is 0.914. The van der Waals surface area contributed by atoms with Gasteiger partial charge in [0, 0.05) is 49.9 Å². The van der Waals surface area contributed by atoms with Crippen LogP contribution < -0.4 is 0 Å². The number of nitrogens with zero attached hydrogens (tertiary/aromatic N) is 3. The van der Waals surface area contributed by atoms with E-state index < -0.39 is 0 Å². The van der Waals surface area contributed by atoms with Crippen molar-refractivity contribution < 1.29 is 14.3 Å². The first-order chi connectivity index (χ1) is 14.8. The lowest BCUT2D eigenvalue weighted by molar-refractivity contribution is -0.0355. The molecule has 0 spiro atoms. The maximum absolute atomic E-state index is 13.4. The van der Waals surface area contributed by atoms with E-state index >= 15 is 0 Å². The van der Waals surface area contributed by atoms with E-state index in [1.165, 1.54) is 43.4 Å². The van der Waals surface area contributed by atoms with Gasteiger partial charge < -0.3 is 14.4 Å². The van der Waals surface area contributed by atoms with E-state index in [0.29, 0.717) is 26.3 Å². The maximum atomic E-state index is 13.4. The molecular formula is C23H31N3O3S. The average Bonchev–Trinajstić information content (AvgIpc) is 3.20. The van der Waals surface area contributed by atoms with Gasteiger partial charge in [0.2, 0.25) is 0 Å². The number of thiophene rings is 1. The molecule has 4 heterocycles. The SMILES string of the molecule is O=C(c1sc2ncccc2c1[C@H]1CN(CC2CCCCC2)CCO1)N1CCOCC1. The second-order valence-corrected chi connectivity index (χ2v) is 9.73. The Labute approximate surface area is 182 Å². The van der Waals surface area contributed by atoms with Crippen LogP contribution in [0.15, 0.2) is 18.3 Å². The molecule has 1 saturated carbocycles. The van der Waals surface area contributed by atoms with E-state index in [-0.39, 0.29) is 12.0 Å². The van der Waals surface area contributed by atoms with E-state index in [0.717, 1.165) is 52.8 Å². The molecule has 162 valence electrons. The number of rotatable bonds is 4. The number of amides is 1. The Morgan fingerprint density at radius 2 is 1.97 bits per heavy atom. The number of hydrogen-bond acceptors (Lipinski definition) is 6. The number of morpholine rings is 2. The third kappa shape index (κ3) is 4.26. The van der Waals surface area contributed by atoms with Gasteiger partial charge in [0.05, 0.1) is 25.9 Å². The molecule has 0 bridgehead atoms. The van der Waals surface area contributed by atoms with Crippen LogP contribution in [0, 0.1) is 5.92 Å². The Morgan fingerprint density at radius 1 is 1.13 bits per heavy atom. The number of ether oxygens (including phenoxy) is 2. The number of aromatic nitrogens is 1. The Bertz CT molecular complexity index is 874. The van der Waals surface area contributed by atoms with E-state index in [2.05, 4.69) is 16.0 Å². The second-order valence-electron chi connectivity index (χ2n) is 8.73. The predicted molar refractivity (Wildman–Crippen MR) is 118 cm³/mol. The smallest absolute Gasteiger partial charge is 0.264 e. The molecule has 2 aromatic rings. The van der Waals surface area contributed by atoms with Gasteiger partial charge >= 0.3 is 0 Å². The largest absolute Gasteiger partial charge is 0.378 e. The van der Waals surface area contributed by atoms with Gasteiger partial charge in [0.25, 0.3) is 5.91 Å². The van der Waals surface area contributed by atoms with Crippen LogP contribution in [0.2, 0.25) is 0 Å². The van der Waals surface area contributed by atoms with Crippen molar-refractivity contribution in [3.8, 4) is 0 Å². The summed E-state index contributed by atoms with van der Waals surface area (Å²) in [7, 11) is 0. The van der Waals surface area contributed by atoms with Gasteiger partial charge in [0.1, 0.15) is 9.71 Å². The fourth-order valence-electron chi connectivity index (χ4n) is 5.12. The van der Waals surface area contributed by atoms with Crippen LogP contribution in [0.4, 0.5) is 0 Å². The normalized spacial score (nSPS) is 24.4. The summed E-state index contributed by atoms with van der Waals surface area (Å²) in [6.07, 6.45) is 8.59. The van der Waals surface area contributed by atoms with Crippen LogP contribution >= 0.6 is 11.3 Å². The van der Waals surface area contributed by atoms with Crippen molar-refractivity contribution in [3.63, 3.8) is 0 Å². The summed E-state index contributed by atoms with van der Waals surface area (Å²) in [6.45, 7) is 6.25. The fraction of sp³-hybridized carbons (Fsp3) is 0.652. The first-order valence-electron chi connectivity index (χ1n) is 11.4. The quantitative estimate of drug-likeness (QED) is 0.741. The van der Waals surface area contributed by atoms with Gasteiger partial charge in [-0.1, -0.05) is 25.3 Å². The second kappa shape index (κ2) is 9.30. The summed E-state index contributed by atoms with van der Waals surface area (Å²) in [5, 5.41) is 1.07. The van der Waals surface area contributed by atoms with Crippen LogP contribution in [-0.4, -0.2) is 73.2 Å². The van der Waals surface area contributed by atoms with Crippen LogP contribution in [0.5, 0.6) is 0 Å². The molecule has 2 aromatic heterocycles. The molecule has 1 amide bonds. The molecule has 1 atom stereocenters. The Balaban J connectivity index is 1.41. The van der Waals surface area contributed by atoms with Crippen LogP contribution in [-0.2, 0) is 9.47 Å². The van der Waals surface area contributed by atoms with Crippen molar-refractivity contribution in [2.75, 3.05) is 52.5 Å². The highest BCUT2D eigenvalue weighted by Gasteiger charge is 2.33. The molecule has 2 saturated heterocycles. The lowest BCUT2D eigenvalue weighted by Gasteiger charge is -2.36. The maximum Gasteiger partial charge on any atom is 0.264 e.